The lowest BCUT2D eigenvalue weighted by atomic mass is 10.0. The van der Waals surface area contributed by atoms with Crippen molar-refractivity contribution in [2.45, 2.75) is 31.4 Å². The number of methoxy groups -OCH3 is 1. The van der Waals surface area contributed by atoms with Gasteiger partial charge >= 0.3 is 0 Å². The summed E-state index contributed by atoms with van der Waals surface area (Å²) in [6.07, 6.45) is 1.77. The fourth-order valence-electron chi connectivity index (χ4n) is 3.42. The lowest BCUT2D eigenvalue weighted by Gasteiger charge is -2.29. The minimum atomic E-state index is -0.821. The maximum absolute atomic E-state index is 12.2. The highest BCUT2D eigenvalue weighted by Crippen LogP contribution is 2.33. The number of benzene rings is 1. The third-order valence-corrected chi connectivity index (χ3v) is 4.82. The number of hydrogen-bond acceptors (Lipinski definition) is 6. The van der Waals surface area contributed by atoms with Crippen LogP contribution in [0.15, 0.2) is 18.2 Å². The first-order chi connectivity index (χ1) is 12.7. The van der Waals surface area contributed by atoms with Gasteiger partial charge in [-0.05, 0) is 43.6 Å². The van der Waals surface area contributed by atoms with Crippen LogP contribution in [0.5, 0.6) is 11.5 Å². The van der Waals surface area contributed by atoms with Crippen LogP contribution in [0, 0.1) is 0 Å². The number of nitrogens with one attached hydrogen (secondary N) is 1. The number of amides is 1. The van der Waals surface area contributed by atoms with E-state index in [1.165, 1.54) is 0 Å². The van der Waals surface area contributed by atoms with Gasteiger partial charge in [0.2, 0.25) is 5.91 Å². The highest BCUT2D eigenvalue weighted by atomic mass is 16.6. The van der Waals surface area contributed by atoms with Crippen LogP contribution in [0.25, 0.3) is 0 Å². The highest BCUT2D eigenvalue weighted by Gasteiger charge is 2.27. The number of hydrogen-bond donors (Lipinski definition) is 2. The molecule has 2 aliphatic heterocycles. The Morgan fingerprint density at radius 1 is 1.27 bits per heavy atom. The standard InChI is InChI=1S/C19H28N2O5/c1-24-9-6-18(22)20-15(13-21-7-2-3-8-21)19(23)14-4-5-16-17(12-14)26-11-10-25-16/h4-5,12,15,19,23H,2-3,6-11,13H2,1H3,(H,20,22). The van der Waals surface area contributed by atoms with Crippen molar-refractivity contribution in [3.8, 4) is 11.5 Å². The summed E-state index contributed by atoms with van der Waals surface area (Å²) >= 11 is 0. The van der Waals surface area contributed by atoms with E-state index in [9.17, 15) is 9.90 Å². The van der Waals surface area contributed by atoms with Gasteiger partial charge < -0.3 is 29.5 Å². The van der Waals surface area contributed by atoms with Crippen LogP contribution in [-0.4, -0.2) is 68.5 Å². The number of likely N-dealkylation sites (tertiary alicyclic amines) is 1. The van der Waals surface area contributed by atoms with Gasteiger partial charge in [0.1, 0.15) is 19.3 Å². The van der Waals surface area contributed by atoms with Crippen molar-refractivity contribution in [2.75, 3.05) is 46.6 Å². The molecule has 1 fully saturated rings. The minimum Gasteiger partial charge on any atom is -0.486 e. The van der Waals surface area contributed by atoms with Crippen LogP contribution in [0.4, 0.5) is 0 Å². The third kappa shape index (κ3) is 4.87. The van der Waals surface area contributed by atoms with Crippen LogP contribution in [0.3, 0.4) is 0 Å². The zero-order valence-corrected chi connectivity index (χ0v) is 15.3. The van der Waals surface area contributed by atoms with Gasteiger partial charge in [-0.1, -0.05) is 6.07 Å². The molecule has 26 heavy (non-hydrogen) atoms. The number of aliphatic hydroxyl groups excluding tert-OH is 1. The maximum Gasteiger partial charge on any atom is 0.222 e. The number of carbonyl (C=O) groups excluding carboxylic acids is 1. The van der Waals surface area contributed by atoms with E-state index in [1.807, 2.05) is 12.1 Å². The fourth-order valence-corrected chi connectivity index (χ4v) is 3.42. The topological polar surface area (TPSA) is 80.3 Å². The van der Waals surface area contributed by atoms with E-state index >= 15 is 0 Å². The molecule has 0 aliphatic carbocycles. The van der Waals surface area contributed by atoms with Crippen molar-refractivity contribution >= 4 is 5.91 Å². The smallest absolute Gasteiger partial charge is 0.222 e. The second kappa shape index (κ2) is 9.21. The first-order valence-electron chi connectivity index (χ1n) is 9.25. The zero-order chi connectivity index (χ0) is 18.4. The first-order valence-corrected chi connectivity index (χ1v) is 9.25. The summed E-state index contributed by atoms with van der Waals surface area (Å²) in [5.74, 6) is 1.21. The van der Waals surface area contributed by atoms with Gasteiger partial charge in [0, 0.05) is 20.1 Å². The van der Waals surface area contributed by atoms with Crippen molar-refractivity contribution in [3.05, 3.63) is 23.8 Å². The van der Waals surface area contributed by atoms with E-state index in [-0.39, 0.29) is 18.4 Å². The molecule has 2 unspecified atom stereocenters. The summed E-state index contributed by atoms with van der Waals surface area (Å²) in [6.45, 7) is 4.01. The third-order valence-electron chi connectivity index (χ3n) is 4.82. The largest absolute Gasteiger partial charge is 0.486 e. The van der Waals surface area contributed by atoms with Gasteiger partial charge in [-0.2, -0.15) is 0 Å². The number of rotatable bonds is 8. The summed E-state index contributed by atoms with van der Waals surface area (Å²) in [5, 5.41) is 13.9. The molecular weight excluding hydrogens is 336 g/mol. The minimum absolute atomic E-state index is 0.118. The lowest BCUT2D eigenvalue weighted by Crippen LogP contribution is -2.46. The Labute approximate surface area is 154 Å². The average Bonchev–Trinajstić information content (AvgIpc) is 3.18. The fraction of sp³-hybridized carbons (Fsp3) is 0.632. The molecule has 0 saturated carbocycles. The Morgan fingerprint density at radius 3 is 2.73 bits per heavy atom. The second-order valence-corrected chi connectivity index (χ2v) is 6.77. The molecule has 3 rings (SSSR count). The molecule has 2 atom stereocenters. The van der Waals surface area contributed by atoms with Gasteiger partial charge in [0.05, 0.1) is 12.6 Å². The van der Waals surface area contributed by atoms with Crippen molar-refractivity contribution in [1.29, 1.82) is 0 Å². The Morgan fingerprint density at radius 2 is 2.00 bits per heavy atom. The molecule has 7 heteroatoms. The quantitative estimate of drug-likeness (QED) is 0.719. The van der Waals surface area contributed by atoms with E-state index in [2.05, 4.69) is 10.2 Å². The summed E-state index contributed by atoms with van der Waals surface area (Å²) in [7, 11) is 1.57. The van der Waals surface area contributed by atoms with E-state index in [1.54, 1.807) is 13.2 Å². The number of aliphatic hydroxyl groups is 1. The molecule has 1 aromatic carbocycles. The summed E-state index contributed by atoms with van der Waals surface area (Å²) in [6, 6.07) is 5.06. The van der Waals surface area contributed by atoms with Crippen molar-refractivity contribution in [3.63, 3.8) is 0 Å². The summed E-state index contributed by atoms with van der Waals surface area (Å²) < 4.78 is 16.1. The van der Waals surface area contributed by atoms with Crippen LogP contribution in [0.2, 0.25) is 0 Å². The van der Waals surface area contributed by atoms with Gasteiger partial charge in [-0.15, -0.1) is 0 Å². The Bertz CT molecular complexity index is 604. The van der Waals surface area contributed by atoms with Crippen molar-refractivity contribution in [1.82, 2.24) is 10.2 Å². The molecule has 2 aliphatic rings. The SMILES string of the molecule is COCCC(=O)NC(CN1CCCC1)C(O)c1ccc2c(c1)OCCO2. The molecule has 0 bridgehead atoms. The number of ether oxygens (including phenoxy) is 3. The monoisotopic (exact) mass is 364 g/mol. The predicted octanol–water partition coefficient (Wildman–Crippen LogP) is 1.11. The van der Waals surface area contributed by atoms with Gasteiger partial charge in [-0.3, -0.25) is 4.79 Å². The second-order valence-electron chi connectivity index (χ2n) is 6.77. The molecule has 2 heterocycles. The summed E-state index contributed by atoms with van der Waals surface area (Å²) in [4.78, 5) is 14.5. The van der Waals surface area contributed by atoms with Crippen LogP contribution < -0.4 is 14.8 Å². The molecule has 7 nitrogen and oxygen atoms in total. The zero-order valence-electron chi connectivity index (χ0n) is 15.3. The van der Waals surface area contributed by atoms with Gasteiger partial charge in [0.25, 0.3) is 0 Å². The Balaban J connectivity index is 1.72. The molecular formula is C19H28N2O5. The van der Waals surface area contributed by atoms with E-state index in [4.69, 9.17) is 14.2 Å². The van der Waals surface area contributed by atoms with Crippen LogP contribution in [0.1, 0.15) is 30.9 Å². The molecule has 1 aromatic rings. The predicted molar refractivity (Wildman–Crippen MR) is 96.5 cm³/mol. The molecule has 1 saturated heterocycles. The lowest BCUT2D eigenvalue weighted by molar-refractivity contribution is -0.123. The van der Waals surface area contributed by atoms with Crippen molar-refractivity contribution < 1.29 is 24.1 Å². The molecule has 0 aromatic heterocycles. The molecule has 0 spiro atoms. The Kier molecular flexibility index (Phi) is 6.71. The molecule has 2 N–H and O–H groups in total. The van der Waals surface area contributed by atoms with E-state index < -0.39 is 6.10 Å². The van der Waals surface area contributed by atoms with E-state index in [0.29, 0.717) is 43.4 Å². The van der Waals surface area contributed by atoms with Crippen LogP contribution in [-0.2, 0) is 9.53 Å². The highest BCUT2D eigenvalue weighted by molar-refractivity contribution is 5.76. The number of fused-ring (bicyclic) bond motifs is 1. The number of carbonyl (C=O) groups is 1. The first kappa shape index (κ1) is 18.9. The van der Waals surface area contributed by atoms with Crippen LogP contribution >= 0.6 is 0 Å². The van der Waals surface area contributed by atoms with Gasteiger partial charge in [0.15, 0.2) is 11.5 Å². The molecule has 1 amide bonds. The maximum atomic E-state index is 12.2. The van der Waals surface area contributed by atoms with Gasteiger partial charge in [-0.25, -0.2) is 0 Å². The van der Waals surface area contributed by atoms with Crippen molar-refractivity contribution in [2.24, 2.45) is 0 Å². The molecule has 0 radical (unpaired) electrons. The average molecular weight is 364 g/mol. The molecule has 144 valence electrons. The normalized spacial score (nSPS) is 19.2. The van der Waals surface area contributed by atoms with E-state index in [0.717, 1.165) is 25.9 Å². The summed E-state index contributed by atoms with van der Waals surface area (Å²) in [5.41, 5.74) is 0.713. The Hall–Kier alpha value is -1.83. The number of nitrogens with zero attached hydrogens (tertiary/aromatic N) is 1.